The van der Waals surface area contributed by atoms with Crippen LogP contribution in [0.5, 0.6) is 0 Å². The lowest BCUT2D eigenvalue weighted by Crippen LogP contribution is -2.24. The van der Waals surface area contributed by atoms with Crippen molar-refractivity contribution in [1.82, 2.24) is 10.3 Å². The molecule has 1 aromatic carbocycles. The Balaban J connectivity index is 1.92. The molecule has 1 N–H and O–H groups in total. The highest BCUT2D eigenvalue weighted by Gasteiger charge is 2.35. The Morgan fingerprint density at radius 1 is 1.33 bits per heavy atom. The minimum atomic E-state index is -0.102. The molecule has 1 aliphatic rings. The van der Waals surface area contributed by atoms with Crippen molar-refractivity contribution in [3.63, 3.8) is 0 Å². The van der Waals surface area contributed by atoms with Gasteiger partial charge in [0.2, 0.25) is 0 Å². The number of carbonyl (C=O) groups excluding carboxylic acids is 1. The average molecular weight is 284 g/mol. The van der Waals surface area contributed by atoms with E-state index in [1.807, 2.05) is 26.0 Å². The number of benzene rings is 1. The SMILES string of the molecule is CCOC(=O)C1CNCC1c1ccc2nc(C)ccc2c1. The van der Waals surface area contributed by atoms with E-state index in [1.54, 1.807) is 0 Å². The molecule has 0 radical (unpaired) electrons. The fourth-order valence-electron chi connectivity index (χ4n) is 3.00. The molecule has 0 aliphatic carbocycles. The highest BCUT2D eigenvalue weighted by molar-refractivity contribution is 5.80. The lowest BCUT2D eigenvalue weighted by molar-refractivity contribution is -0.147. The van der Waals surface area contributed by atoms with Crippen LogP contribution in [0.4, 0.5) is 0 Å². The summed E-state index contributed by atoms with van der Waals surface area (Å²) in [7, 11) is 0. The summed E-state index contributed by atoms with van der Waals surface area (Å²) in [5, 5.41) is 4.42. The first kappa shape index (κ1) is 14.0. The smallest absolute Gasteiger partial charge is 0.310 e. The maximum Gasteiger partial charge on any atom is 0.310 e. The van der Waals surface area contributed by atoms with Crippen LogP contribution in [0.3, 0.4) is 0 Å². The molecule has 2 aromatic rings. The monoisotopic (exact) mass is 284 g/mol. The summed E-state index contributed by atoms with van der Waals surface area (Å²) in [4.78, 5) is 16.6. The number of nitrogens with one attached hydrogen (secondary N) is 1. The van der Waals surface area contributed by atoms with Crippen LogP contribution in [0.2, 0.25) is 0 Å². The molecular weight excluding hydrogens is 264 g/mol. The number of ether oxygens (including phenoxy) is 1. The van der Waals surface area contributed by atoms with E-state index in [0.717, 1.165) is 23.1 Å². The molecule has 1 saturated heterocycles. The number of aryl methyl sites for hydroxylation is 1. The topological polar surface area (TPSA) is 51.2 Å². The molecule has 0 amide bonds. The lowest BCUT2D eigenvalue weighted by Gasteiger charge is -2.18. The molecule has 2 heterocycles. The zero-order valence-corrected chi connectivity index (χ0v) is 12.4. The minimum Gasteiger partial charge on any atom is -0.466 e. The molecule has 0 saturated carbocycles. The van der Waals surface area contributed by atoms with Crippen molar-refractivity contribution in [3.8, 4) is 0 Å². The Morgan fingerprint density at radius 2 is 2.19 bits per heavy atom. The van der Waals surface area contributed by atoms with E-state index < -0.39 is 0 Å². The molecule has 110 valence electrons. The molecule has 21 heavy (non-hydrogen) atoms. The van der Waals surface area contributed by atoms with Crippen LogP contribution >= 0.6 is 0 Å². The highest BCUT2D eigenvalue weighted by Crippen LogP contribution is 2.30. The van der Waals surface area contributed by atoms with Crippen molar-refractivity contribution < 1.29 is 9.53 Å². The predicted molar refractivity (Wildman–Crippen MR) is 82.2 cm³/mol. The van der Waals surface area contributed by atoms with Gasteiger partial charge in [0, 0.05) is 30.1 Å². The van der Waals surface area contributed by atoms with E-state index in [0.29, 0.717) is 13.2 Å². The number of pyridine rings is 1. The summed E-state index contributed by atoms with van der Waals surface area (Å²) < 4.78 is 5.19. The Labute approximate surface area is 124 Å². The first-order valence-electron chi connectivity index (χ1n) is 7.43. The summed E-state index contributed by atoms with van der Waals surface area (Å²) in [6, 6.07) is 10.4. The molecule has 3 rings (SSSR count). The van der Waals surface area contributed by atoms with E-state index in [4.69, 9.17) is 4.74 Å². The van der Waals surface area contributed by atoms with Crippen LogP contribution in [0.15, 0.2) is 30.3 Å². The van der Waals surface area contributed by atoms with Crippen LogP contribution in [-0.2, 0) is 9.53 Å². The lowest BCUT2D eigenvalue weighted by atomic mass is 9.88. The first-order chi connectivity index (χ1) is 10.2. The van der Waals surface area contributed by atoms with Crippen LogP contribution < -0.4 is 5.32 Å². The standard InChI is InChI=1S/C17H20N2O2/c1-3-21-17(20)15-10-18-9-14(15)12-6-7-16-13(8-12)5-4-11(2)19-16/h4-8,14-15,18H,3,9-10H2,1-2H3. The Morgan fingerprint density at radius 3 is 3.00 bits per heavy atom. The number of carbonyl (C=O) groups is 1. The predicted octanol–water partition coefficient (Wildman–Crippen LogP) is 2.41. The van der Waals surface area contributed by atoms with Gasteiger partial charge in [0.15, 0.2) is 0 Å². The third-order valence-corrected chi connectivity index (χ3v) is 4.08. The summed E-state index contributed by atoms with van der Waals surface area (Å²) >= 11 is 0. The number of nitrogens with zero attached hydrogens (tertiary/aromatic N) is 1. The van der Waals surface area contributed by atoms with E-state index in [1.165, 1.54) is 5.56 Å². The molecule has 4 heteroatoms. The first-order valence-corrected chi connectivity index (χ1v) is 7.43. The summed E-state index contributed by atoms with van der Waals surface area (Å²) in [5.74, 6) is -0.0230. The van der Waals surface area contributed by atoms with Gasteiger partial charge in [0.25, 0.3) is 0 Å². The molecule has 1 aromatic heterocycles. The Kier molecular flexibility index (Phi) is 3.88. The zero-order valence-electron chi connectivity index (χ0n) is 12.4. The number of esters is 1. The van der Waals surface area contributed by atoms with Crippen molar-refractivity contribution in [1.29, 1.82) is 0 Å². The molecule has 1 fully saturated rings. The summed E-state index contributed by atoms with van der Waals surface area (Å²) in [6.45, 7) is 5.77. The molecule has 2 unspecified atom stereocenters. The van der Waals surface area contributed by atoms with Crippen molar-refractivity contribution in [2.45, 2.75) is 19.8 Å². The van der Waals surface area contributed by atoms with E-state index in [2.05, 4.69) is 28.5 Å². The van der Waals surface area contributed by atoms with Crippen LogP contribution in [0.1, 0.15) is 24.1 Å². The van der Waals surface area contributed by atoms with Crippen molar-refractivity contribution in [2.24, 2.45) is 5.92 Å². The molecule has 4 nitrogen and oxygen atoms in total. The third-order valence-electron chi connectivity index (χ3n) is 4.08. The van der Waals surface area contributed by atoms with Gasteiger partial charge in [-0.2, -0.15) is 0 Å². The second kappa shape index (κ2) is 5.82. The second-order valence-electron chi connectivity index (χ2n) is 5.53. The fraction of sp³-hybridized carbons (Fsp3) is 0.412. The van der Waals surface area contributed by atoms with Crippen molar-refractivity contribution >= 4 is 16.9 Å². The van der Waals surface area contributed by atoms with Gasteiger partial charge >= 0.3 is 5.97 Å². The second-order valence-corrected chi connectivity index (χ2v) is 5.53. The van der Waals surface area contributed by atoms with Gasteiger partial charge in [-0.05, 0) is 37.6 Å². The van der Waals surface area contributed by atoms with Crippen LogP contribution in [0, 0.1) is 12.8 Å². The maximum atomic E-state index is 12.1. The van der Waals surface area contributed by atoms with Gasteiger partial charge in [-0.15, -0.1) is 0 Å². The van der Waals surface area contributed by atoms with E-state index in [-0.39, 0.29) is 17.8 Å². The number of hydrogen-bond donors (Lipinski definition) is 1. The van der Waals surface area contributed by atoms with Gasteiger partial charge in [-0.3, -0.25) is 9.78 Å². The largest absolute Gasteiger partial charge is 0.466 e. The number of aromatic nitrogens is 1. The van der Waals surface area contributed by atoms with Gasteiger partial charge in [-0.25, -0.2) is 0 Å². The number of rotatable bonds is 3. The normalized spacial score (nSPS) is 21.6. The Bertz CT molecular complexity index is 669. The zero-order chi connectivity index (χ0) is 14.8. The van der Waals surface area contributed by atoms with Crippen LogP contribution in [0.25, 0.3) is 10.9 Å². The summed E-state index contributed by atoms with van der Waals surface area (Å²) in [5.41, 5.74) is 3.19. The summed E-state index contributed by atoms with van der Waals surface area (Å²) in [6.07, 6.45) is 0. The van der Waals surface area contributed by atoms with Gasteiger partial charge < -0.3 is 10.1 Å². The number of hydrogen-bond acceptors (Lipinski definition) is 4. The Hall–Kier alpha value is -1.94. The quantitative estimate of drug-likeness (QED) is 0.879. The molecular formula is C17H20N2O2. The number of fused-ring (bicyclic) bond motifs is 1. The van der Waals surface area contributed by atoms with Gasteiger partial charge in [0.05, 0.1) is 18.0 Å². The van der Waals surface area contributed by atoms with Crippen molar-refractivity contribution in [3.05, 3.63) is 41.6 Å². The minimum absolute atomic E-state index is 0.0965. The average Bonchev–Trinajstić information content (AvgIpc) is 2.96. The van der Waals surface area contributed by atoms with Crippen molar-refractivity contribution in [2.75, 3.05) is 19.7 Å². The molecule has 0 bridgehead atoms. The van der Waals surface area contributed by atoms with Crippen LogP contribution in [-0.4, -0.2) is 30.6 Å². The van der Waals surface area contributed by atoms with Gasteiger partial charge in [0.1, 0.15) is 0 Å². The molecule has 1 aliphatic heterocycles. The molecule has 2 atom stereocenters. The highest BCUT2D eigenvalue weighted by atomic mass is 16.5. The van der Waals surface area contributed by atoms with E-state index >= 15 is 0 Å². The third kappa shape index (κ3) is 2.76. The fourth-order valence-corrected chi connectivity index (χ4v) is 3.00. The molecule has 0 spiro atoms. The van der Waals surface area contributed by atoms with E-state index in [9.17, 15) is 4.79 Å². The van der Waals surface area contributed by atoms with Gasteiger partial charge in [-0.1, -0.05) is 12.1 Å². The maximum absolute atomic E-state index is 12.1.